The quantitative estimate of drug-likeness (QED) is 0.668. The molecule has 0 saturated carbocycles. The minimum atomic E-state index is -0.819. The molecule has 5 nitrogen and oxygen atoms in total. The van der Waals surface area contributed by atoms with Crippen molar-refractivity contribution in [2.45, 2.75) is 39.7 Å². The van der Waals surface area contributed by atoms with E-state index in [1.807, 2.05) is 19.1 Å². The van der Waals surface area contributed by atoms with Crippen LogP contribution in [0.15, 0.2) is 26.8 Å². The van der Waals surface area contributed by atoms with Crippen LogP contribution in [0.2, 0.25) is 0 Å². The van der Waals surface area contributed by atoms with Gasteiger partial charge in [-0.15, -0.1) is 0 Å². The lowest BCUT2D eigenvalue weighted by Gasteiger charge is -2.21. The Morgan fingerprint density at radius 1 is 1.25 bits per heavy atom. The first-order chi connectivity index (χ1) is 11.2. The summed E-state index contributed by atoms with van der Waals surface area (Å²) in [5.41, 5.74) is 1.23. The van der Waals surface area contributed by atoms with Gasteiger partial charge in [-0.2, -0.15) is 0 Å². The molecule has 1 aromatic carbocycles. The highest BCUT2D eigenvalue weighted by Crippen LogP contribution is 2.40. The first-order valence-corrected chi connectivity index (χ1v) is 9.20. The number of nitrogens with one attached hydrogen (secondary N) is 1. The molecule has 24 heavy (non-hydrogen) atoms. The van der Waals surface area contributed by atoms with Crippen molar-refractivity contribution in [3.8, 4) is 0 Å². The van der Waals surface area contributed by atoms with Crippen molar-refractivity contribution in [3.05, 3.63) is 38.0 Å². The lowest BCUT2D eigenvalue weighted by Crippen LogP contribution is -2.39. The fraction of sp³-hybridized carbons (Fsp3) is 0.412. The maximum atomic E-state index is 12.6. The second-order valence-corrected chi connectivity index (χ2v) is 7.61. The summed E-state index contributed by atoms with van der Waals surface area (Å²) in [5, 5.41) is 2.85. The van der Waals surface area contributed by atoms with E-state index in [2.05, 4.69) is 37.2 Å². The molecule has 0 atom stereocenters. The van der Waals surface area contributed by atoms with Gasteiger partial charge in [0.15, 0.2) is 0 Å². The Kier molecular flexibility index (Phi) is 5.75. The highest BCUT2D eigenvalue weighted by Gasteiger charge is 2.43. The average Bonchev–Trinajstić information content (AvgIpc) is 2.68. The smallest absolute Gasteiger partial charge is 0.434 e. The number of aryl methyl sites for hydroxylation is 1. The maximum absolute atomic E-state index is 12.6. The van der Waals surface area contributed by atoms with Crippen LogP contribution in [0.25, 0.3) is 5.57 Å². The van der Waals surface area contributed by atoms with Crippen molar-refractivity contribution in [1.29, 1.82) is 0 Å². The van der Waals surface area contributed by atoms with E-state index in [1.165, 1.54) is 0 Å². The molecule has 1 aliphatic rings. The molecule has 0 aromatic heterocycles. The van der Waals surface area contributed by atoms with Crippen molar-refractivity contribution in [2.75, 3.05) is 6.61 Å². The van der Waals surface area contributed by atoms with E-state index >= 15 is 0 Å². The van der Waals surface area contributed by atoms with Crippen LogP contribution in [0.3, 0.4) is 0 Å². The number of halogens is 2. The van der Waals surface area contributed by atoms with Crippen LogP contribution in [0, 0.1) is 0 Å². The van der Waals surface area contributed by atoms with Crippen LogP contribution in [0.1, 0.15) is 38.8 Å². The first-order valence-electron chi connectivity index (χ1n) is 7.61. The van der Waals surface area contributed by atoms with Crippen molar-refractivity contribution >= 4 is 49.5 Å². The molecule has 1 heterocycles. The zero-order chi connectivity index (χ0) is 18.1. The van der Waals surface area contributed by atoms with Gasteiger partial charge in [0, 0.05) is 14.5 Å². The molecule has 2 rings (SSSR count). The molecule has 0 aliphatic carbocycles. The Labute approximate surface area is 158 Å². The molecule has 1 aromatic rings. The topological polar surface area (TPSA) is 64.6 Å². The van der Waals surface area contributed by atoms with Crippen LogP contribution in [-0.4, -0.2) is 24.2 Å². The van der Waals surface area contributed by atoms with Crippen molar-refractivity contribution in [3.63, 3.8) is 0 Å². The van der Waals surface area contributed by atoms with Crippen molar-refractivity contribution < 1.29 is 19.1 Å². The Morgan fingerprint density at radius 2 is 1.92 bits per heavy atom. The minimum Gasteiger partial charge on any atom is -0.434 e. The summed E-state index contributed by atoms with van der Waals surface area (Å²) in [6.45, 7) is 7.46. The number of benzene rings is 1. The normalized spacial score (nSPS) is 16.2. The minimum absolute atomic E-state index is 0.200. The highest BCUT2D eigenvalue weighted by molar-refractivity contribution is 9.11. The summed E-state index contributed by atoms with van der Waals surface area (Å²) >= 11 is 6.98. The summed E-state index contributed by atoms with van der Waals surface area (Å²) in [4.78, 5) is 24.4. The van der Waals surface area contributed by atoms with E-state index in [0.29, 0.717) is 5.57 Å². The average molecular weight is 461 g/mol. The number of amides is 1. The summed E-state index contributed by atoms with van der Waals surface area (Å²) in [6, 6.07) is 3.82. The highest BCUT2D eigenvalue weighted by atomic mass is 79.9. The van der Waals surface area contributed by atoms with Gasteiger partial charge in [-0.3, -0.25) is 4.79 Å². The zero-order valence-corrected chi connectivity index (χ0v) is 17.1. The number of carbonyl (C=O) groups is 2. The van der Waals surface area contributed by atoms with Gasteiger partial charge in [-0.1, -0.05) is 38.8 Å². The van der Waals surface area contributed by atoms with Gasteiger partial charge in [0.1, 0.15) is 5.76 Å². The Bertz CT molecular complexity index is 726. The molecule has 1 amide bonds. The van der Waals surface area contributed by atoms with Gasteiger partial charge in [-0.25, -0.2) is 4.79 Å². The van der Waals surface area contributed by atoms with E-state index in [1.54, 1.807) is 20.8 Å². The maximum Gasteiger partial charge on any atom is 0.513 e. The third-order valence-electron chi connectivity index (χ3n) is 3.66. The van der Waals surface area contributed by atoms with Crippen LogP contribution in [-0.2, 0) is 20.7 Å². The number of hydrogen-bond acceptors (Lipinski definition) is 4. The lowest BCUT2D eigenvalue weighted by molar-refractivity contribution is -0.115. The Balaban J connectivity index is 2.67. The summed E-state index contributed by atoms with van der Waals surface area (Å²) in [6.07, 6.45) is -0.0991. The molecular weight excluding hydrogens is 442 g/mol. The Hall–Kier alpha value is -1.34. The second-order valence-electron chi connectivity index (χ2n) is 5.84. The predicted molar refractivity (Wildman–Crippen MR) is 98.5 cm³/mol. The first kappa shape index (κ1) is 19.0. The fourth-order valence-electron chi connectivity index (χ4n) is 2.64. The third kappa shape index (κ3) is 3.67. The molecule has 0 saturated heterocycles. The van der Waals surface area contributed by atoms with Crippen molar-refractivity contribution in [2.24, 2.45) is 0 Å². The fourth-order valence-corrected chi connectivity index (χ4v) is 4.15. The van der Waals surface area contributed by atoms with Gasteiger partial charge in [0.2, 0.25) is 0 Å². The SMILES string of the molecule is CCOC(=O)OC1=C(c2c(Br)cc(Br)cc2CC)C(=O)NC1(C)C. The number of carbonyl (C=O) groups excluding carboxylic acids is 2. The van der Waals surface area contributed by atoms with Crippen molar-refractivity contribution in [1.82, 2.24) is 5.32 Å². The van der Waals surface area contributed by atoms with E-state index < -0.39 is 11.7 Å². The molecule has 0 bridgehead atoms. The molecule has 1 N–H and O–H groups in total. The third-order valence-corrected chi connectivity index (χ3v) is 4.75. The molecule has 7 heteroatoms. The van der Waals surface area contributed by atoms with Crippen LogP contribution in [0.5, 0.6) is 0 Å². The van der Waals surface area contributed by atoms with E-state index in [0.717, 1.165) is 26.5 Å². The summed E-state index contributed by atoms with van der Waals surface area (Å²) < 4.78 is 11.9. The molecule has 0 spiro atoms. The molecule has 130 valence electrons. The number of rotatable bonds is 4. The molecule has 0 fully saturated rings. The zero-order valence-electron chi connectivity index (χ0n) is 14.0. The molecule has 0 unspecified atom stereocenters. The van der Waals surface area contributed by atoms with Gasteiger partial charge < -0.3 is 14.8 Å². The van der Waals surface area contributed by atoms with E-state index in [4.69, 9.17) is 9.47 Å². The summed E-state index contributed by atoms with van der Waals surface area (Å²) in [7, 11) is 0. The van der Waals surface area contributed by atoms with Gasteiger partial charge in [0.05, 0.1) is 17.7 Å². The van der Waals surface area contributed by atoms with Crippen LogP contribution >= 0.6 is 31.9 Å². The molecule has 1 aliphatic heterocycles. The molecular formula is C17H19Br2NO4. The Morgan fingerprint density at radius 3 is 2.50 bits per heavy atom. The standard InChI is InChI=1S/C17H19Br2NO4/c1-5-9-7-10(18)8-11(19)12(9)13-14(24-16(22)23-6-2)17(3,4)20-15(13)21/h7-8H,5-6H2,1-4H3,(H,20,21). The van der Waals surface area contributed by atoms with Gasteiger partial charge in [0.25, 0.3) is 5.91 Å². The second kappa shape index (κ2) is 7.27. The number of hydrogen-bond donors (Lipinski definition) is 1. The molecule has 0 radical (unpaired) electrons. The predicted octanol–water partition coefficient (Wildman–Crippen LogP) is 4.57. The van der Waals surface area contributed by atoms with Crippen LogP contribution in [0.4, 0.5) is 4.79 Å². The largest absolute Gasteiger partial charge is 0.513 e. The van der Waals surface area contributed by atoms with E-state index in [-0.39, 0.29) is 18.3 Å². The van der Waals surface area contributed by atoms with Gasteiger partial charge >= 0.3 is 6.16 Å². The van der Waals surface area contributed by atoms with Crippen LogP contribution < -0.4 is 5.32 Å². The lowest BCUT2D eigenvalue weighted by atomic mass is 9.94. The van der Waals surface area contributed by atoms with Gasteiger partial charge in [-0.05, 0) is 44.9 Å². The van der Waals surface area contributed by atoms with E-state index in [9.17, 15) is 9.59 Å². The number of ether oxygens (including phenoxy) is 2. The monoisotopic (exact) mass is 459 g/mol. The summed E-state index contributed by atoms with van der Waals surface area (Å²) in [5.74, 6) is -0.0132.